The minimum absolute atomic E-state index is 0.552. The maximum Gasteiger partial charge on any atom is 0.183 e. The predicted octanol–water partition coefficient (Wildman–Crippen LogP) is 4.16. The fraction of sp³-hybridized carbons (Fsp3) is 0.105. The molecule has 1 aliphatic rings. The van der Waals surface area contributed by atoms with Crippen LogP contribution in [0.2, 0.25) is 0 Å². The third-order valence-electron chi connectivity index (χ3n) is 4.58. The molecule has 4 aromatic heterocycles. The van der Waals surface area contributed by atoms with E-state index in [1.807, 2.05) is 29.6 Å². The van der Waals surface area contributed by atoms with Crippen LogP contribution < -0.4 is 9.47 Å². The quantitative estimate of drug-likeness (QED) is 0.455. The Morgan fingerprint density at radius 2 is 1.69 bits per heavy atom. The number of ether oxygens (including phenoxy) is 2. The minimum atomic E-state index is 0.552. The van der Waals surface area contributed by atoms with Crippen molar-refractivity contribution < 1.29 is 9.47 Å². The highest BCUT2D eigenvalue weighted by molar-refractivity contribution is 7.14. The van der Waals surface area contributed by atoms with Crippen LogP contribution in [0.5, 0.6) is 11.5 Å². The third-order valence-corrected chi connectivity index (χ3v) is 5.53. The first-order valence-electron chi connectivity index (χ1n) is 8.29. The maximum atomic E-state index is 5.82. The molecule has 6 nitrogen and oxygen atoms in total. The molecule has 1 aliphatic heterocycles. The van der Waals surface area contributed by atoms with Gasteiger partial charge in [-0.3, -0.25) is 9.97 Å². The highest BCUT2D eigenvalue weighted by atomic mass is 32.1. The van der Waals surface area contributed by atoms with Gasteiger partial charge in [-0.05, 0) is 24.3 Å². The number of nitrogens with one attached hydrogen (secondary N) is 1. The number of H-pyrrole nitrogens is 1. The third kappa shape index (κ3) is 1.83. The maximum absolute atomic E-state index is 5.82. The second kappa shape index (κ2) is 5.15. The van der Waals surface area contributed by atoms with E-state index in [2.05, 4.69) is 15.0 Å². The Kier molecular flexibility index (Phi) is 2.78. The van der Waals surface area contributed by atoms with Crippen LogP contribution in [0.15, 0.2) is 42.0 Å². The normalized spacial score (nSPS) is 13.7. The fourth-order valence-corrected chi connectivity index (χ4v) is 4.35. The van der Waals surface area contributed by atoms with Gasteiger partial charge in [-0.1, -0.05) is 0 Å². The van der Waals surface area contributed by atoms with Crippen LogP contribution >= 0.6 is 11.3 Å². The van der Waals surface area contributed by atoms with Crippen molar-refractivity contribution in [1.82, 2.24) is 19.9 Å². The number of nitrogens with zero attached hydrogens (tertiary/aromatic N) is 3. The van der Waals surface area contributed by atoms with Gasteiger partial charge in [-0.15, -0.1) is 11.3 Å². The smallest absolute Gasteiger partial charge is 0.183 e. The van der Waals surface area contributed by atoms with Crippen LogP contribution in [-0.4, -0.2) is 33.1 Å². The first-order valence-corrected chi connectivity index (χ1v) is 9.17. The van der Waals surface area contributed by atoms with Crippen LogP contribution in [0.1, 0.15) is 0 Å². The summed E-state index contributed by atoms with van der Waals surface area (Å²) < 4.78 is 11.5. The van der Waals surface area contributed by atoms with Crippen molar-refractivity contribution >= 4 is 44.2 Å². The molecule has 6 rings (SSSR count). The monoisotopic (exact) mass is 360 g/mol. The van der Waals surface area contributed by atoms with Crippen molar-refractivity contribution in [1.29, 1.82) is 0 Å². The largest absolute Gasteiger partial charge is 0.485 e. The zero-order chi connectivity index (χ0) is 17.1. The van der Waals surface area contributed by atoms with Gasteiger partial charge in [0.25, 0.3) is 0 Å². The van der Waals surface area contributed by atoms with Crippen LogP contribution in [-0.2, 0) is 0 Å². The summed E-state index contributed by atoms with van der Waals surface area (Å²) in [6.07, 6.45) is 3.58. The number of aromatic nitrogens is 4. The fourth-order valence-electron chi connectivity index (χ4n) is 3.48. The molecule has 0 fully saturated rings. The van der Waals surface area contributed by atoms with Crippen LogP contribution in [0.4, 0.5) is 0 Å². The second-order valence-corrected chi connectivity index (χ2v) is 6.94. The van der Waals surface area contributed by atoms with E-state index in [-0.39, 0.29) is 0 Å². The van der Waals surface area contributed by atoms with E-state index in [1.165, 1.54) is 0 Å². The van der Waals surface area contributed by atoms with Crippen LogP contribution in [0.25, 0.3) is 43.5 Å². The van der Waals surface area contributed by atoms with Crippen molar-refractivity contribution in [2.75, 3.05) is 13.2 Å². The van der Waals surface area contributed by atoms with Crippen LogP contribution in [0, 0.1) is 0 Å². The summed E-state index contributed by atoms with van der Waals surface area (Å²) in [6, 6.07) is 7.94. The Bertz CT molecular complexity index is 1230. The van der Waals surface area contributed by atoms with E-state index in [0.717, 1.165) is 55.0 Å². The molecule has 5 aromatic rings. The predicted molar refractivity (Wildman–Crippen MR) is 101 cm³/mol. The Morgan fingerprint density at radius 1 is 0.923 bits per heavy atom. The molecule has 0 bridgehead atoms. The van der Waals surface area contributed by atoms with Gasteiger partial charge >= 0.3 is 0 Å². The summed E-state index contributed by atoms with van der Waals surface area (Å²) >= 11 is 1.57. The molecule has 0 atom stereocenters. The van der Waals surface area contributed by atoms with Crippen molar-refractivity contribution in [2.24, 2.45) is 0 Å². The lowest BCUT2D eigenvalue weighted by atomic mass is 10.1. The standard InChI is InChI=1S/C19H12N4O2S/c1-3-10-13(20-5-1)14-11(4-2-6-21-14)16-15(10)22-19(23-16)18-17-12(9-26-18)24-7-8-25-17/h1-6,9H,7-8H2,(H,22,23). The van der Waals surface area contributed by atoms with Gasteiger partial charge in [0.2, 0.25) is 0 Å². The molecule has 5 heterocycles. The second-order valence-electron chi connectivity index (χ2n) is 6.06. The molecule has 26 heavy (non-hydrogen) atoms. The molecule has 0 spiro atoms. The van der Waals surface area contributed by atoms with Crippen molar-refractivity contribution in [3.8, 4) is 22.2 Å². The average molecular weight is 360 g/mol. The van der Waals surface area contributed by atoms with Gasteiger partial charge < -0.3 is 14.5 Å². The van der Waals surface area contributed by atoms with Gasteiger partial charge in [-0.2, -0.15) is 0 Å². The van der Waals surface area contributed by atoms with Gasteiger partial charge in [0.05, 0.1) is 22.1 Å². The lowest BCUT2D eigenvalue weighted by Gasteiger charge is -2.15. The number of pyridine rings is 2. The number of imidazole rings is 1. The van der Waals surface area contributed by atoms with Crippen molar-refractivity contribution in [3.05, 3.63) is 42.0 Å². The molecule has 0 radical (unpaired) electrons. The number of fused-ring (bicyclic) bond motifs is 7. The molecule has 1 aromatic carbocycles. The Morgan fingerprint density at radius 3 is 2.58 bits per heavy atom. The summed E-state index contributed by atoms with van der Waals surface area (Å²) in [5.74, 6) is 2.33. The van der Waals surface area contributed by atoms with Gasteiger partial charge in [-0.25, -0.2) is 4.98 Å². The molecule has 0 aliphatic carbocycles. The molecule has 7 heteroatoms. The number of rotatable bonds is 1. The molecule has 0 unspecified atom stereocenters. The zero-order valence-corrected chi connectivity index (χ0v) is 14.3. The van der Waals surface area contributed by atoms with E-state index in [9.17, 15) is 0 Å². The highest BCUT2D eigenvalue weighted by Gasteiger charge is 2.23. The molecule has 0 saturated heterocycles. The van der Waals surface area contributed by atoms with Gasteiger partial charge in [0.15, 0.2) is 17.3 Å². The summed E-state index contributed by atoms with van der Waals surface area (Å²) in [5.41, 5.74) is 3.59. The van der Waals surface area contributed by atoms with Gasteiger partial charge in [0, 0.05) is 28.5 Å². The van der Waals surface area contributed by atoms with E-state index < -0.39 is 0 Å². The molecular weight excluding hydrogens is 348 g/mol. The lowest BCUT2D eigenvalue weighted by Crippen LogP contribution is -2.14. The Hall–Kier alpha value is -3.19. The average Bonchev–Trinajstić information content (AvgIpc) is 3.33. The molecule has 126 valence electrons. The molecular formula is C19H12N4O2S. The summed E-state index contributed by atoms with van der Waals surface area (Å²) in [7, 11) is 0. The first kappa shape index (κ1) is 14.0. The number of benzene rings is 1. The number of aromatic amines is 1. The molecule has 0 saturated carbocycles. The SMILES string of the molecule is c1cnc2c(c1)c1nc(-c3scc4c3OCCO4)[nH]c1c1cccnc12. The van der Waals surface area contributed by atoms with Gasteiger partial charge in [0.1, 0.15) is 18.1 Å². The van der Waals surface area contributed by atoms with Crippen molar-refractivity contribution in [3.63, 3.8) is 0 Å². The topological polar surface area (TPSA) is 72.9 Å². The molecule has 1 N–H and O–H groups in total. The summed E-state index contributed by atoms with van der Waals surface area (Å²) in [5, 5.41) is 3.96. The Balaban J connectivity index is 1.72. The zero-order valence-electron chi connectivity index (χ0n) is 13.5. The lowest BCUT2D eigenvalue weighted by molar-refractivity contribution is 0.174. The van der Waals surface area contributed by atoms with E-state index in [1.54, 1.807) is 23.7 Å². The van der Waals surface area contributed by atoms with Crippen LogP contribution in [0.3, 0.4) is 0 Å². The summed E-state index contributed by atoms with van der Waals surface area (Å²) in [6.45, 7) is 1.13. The number of thiophene rings is 1. The highest BCUT2D eigenvalue weighted by Crippen LogP contribution is 2.45. The van der Waals surface area contributed by atoms with Crippen molar-refractivity contribution in [2.45, 2.75) is 0 Å². The van der Waals surface area contributed by atoms with E-state index in [0.29, 0.717) is 13.2 Å². The minimum Gasteiger partial charge on any atom is -0.485 e. The Labute approximate surface area is 151 Å². The van der Waals surface area contributed by atoms with E-state index >= 15 is 0 Å². The summed E-state index contributed by atoms with van der Waals surface area (Å²) in [4.78, 5) is 18.4. The number of hydrogen-bond acceptors (Lipinski definition) is 6. The van der Waals surface area contributed by atoms with E-state index in [4.69, 9.17) is 14.5 Å². The number of hydrogen-bond donors (Lipinski definition) is 1. The first-order chi connectivity index (χ1) is 12.9. The molecule has 0 amide bonds.